The lowest BCUT2D eigenvalue weighted by molar-refractivity contribution is -0.115. The standard InChI is InChI=1S/C18H12ClF3N2O2S/c19-12-5-3-6-13(20)11(12)8-16(25)24-18-23-14(9-27-18)10-4-1-2-7-15(10)26-17(21)22/h1-7,9,17H,8H2,(H,23,24,25). The molecule has 9 heteroatoms. The molecular formula is C18H12ClF3N2O2S. The maximum Gasteiger partial charge on any atom is 0.387 e. The second kappa shape index (κ2) is 8.41. The highest BCUT2D eigenvalue weighted by Crippen LogP contribution is 2.33. The molecule has 0 saturated heterocycles. The van der Waals surface area contributed by atoms with Gasteiger partial charge in [-0.2, -0.15) is 8.78 Å². The summed E-state index contributed by atoms with van der Waals surface area (Å²) in [5.74, 6) is -1.09. The van der Waals surface area contributed by atoms with Crippen molar-refractivity contribution in [3.8, 4) is 17.0 Å². The summed E-state index contributed by atoms with van der Waals surface area (Å²) >= 11 is 7.02. The number of hydrogen-bond acceptors (Lipinski definition) is 4. The van der Waals surface area contributed by atoms with Gasteiger partial charge in [-0.05, 0) is 24.3 Å². The van der Waals surface area contributed by atoms with Gasteiger partial charge in [0.15, 0.2) is 5.13 Å². The number of anilines is 1. The summed E-state index contributed by atoms with van der Waals surface area (Å²) in [5.41, 5.74) is 0.825. The van der Waals surface area contributed by atoms with Gasteiger partial charge in [0.05, 0.1) is 12.1 Å². The van der Waals surface area contributed by atoms with E-state index in [9.17, 15) is 18.0 Å². The number of benzene rings is 2. The van der Waals surface area contributed by atoms with Crippen LogP contribution < -0.4 is 10.1 Å². The highest BCUT2D eigenvalue weighted by atomic mass is 35.5. The number of nitrogens with one attached hydrogen (secondary N) is 1. The van der Waals surface area contributed by atoms with Crippen molar-refractivity contribution in [2.45, 2.75) is 13.0 Å². The number of rotatable bonds is 6. The van der Waals surface area contributed by atoms with Crippen LogP contribution in [0.4, 0.5) is 18.3 Å². The molecule has 27 heavy (non-hydrogen) atoms. The first-order valence-electron chi connectivity index (χ1n) is 7.66. The summed E-state index contributed by atoms with van der Waals surface area (Å²) in [7, 11) is 0. The molecule has 0 spiro atoms. The molecule has 1 heterocycles. The van der Waals surface area contributed by atoms with Crippen molar-refractivity contribution in [1.82, 2.24) is 4.98 Å². The van der Waals surface area contributed by atoms with Crippen LogP contribution in [0, 0.1) is 5.82 Å². The zero-order valence-electron chi connectivity index (χ0n) is 13.6. The second-order valence-corrected chi connectivity index (χ2v) is 6.60. The number of thiazole rings is 1. The first-order chi connectivity index (χ1) is 12.9. The predicted molar refractivity (Wildman–Crippen MR) is 97.9 cm³/mol. The maximum atomic E-state index is 13.8. The van der Waals surface area contributed by atoms with Crippen molar-refractivity contribution in [2.24, 2.45) is 0 Å². The van der Waals surface area contributed by atoms with Crippen molar-refractivity contribution >= 4 is 34.0 Å². The topological polar surface area (TPSA) is 51.2 Å². The van der Waals surface area contributed by atoms with E-state index in [1.807, 2.05) is 0 Å². The Kier molecular flexibility index (Phi) is 5.98. The van der Waals surface area contributed by atoms with Crippen molar-refractivity contribution in [3.63, 3.8) is 0 Å². The minimum Gasteiger partial charge on any atom is -0.434 e. The summed E-state index contributed by atoms with van der Waals surface area (Å²) in [6.07, 6.45) is -0.258. The molecule has 1 amide bonds. The monoisotopic (exact) mass is 412 g/mol. The number of amides is 1. The number of para-hydroxylation sites is 1. The van der Waals surface area contributed by atoms with E-state index >= 15 is 0 Å². The molecule has 0 radical (unpaired) electrons. The Bertz CT molecular complexity index is 945. The van der Waals surface area contributed by atoms with Gasteiger partial charge in [0.1, 0.15) is 11.6 Å². The molecule has 1 aromatic heterocycles. The molecule has 0 saturated carbocycles. The molecule has 2 aromatic carbocycles. The zero-order chi connectivity index (χ0) is 19.4. The van der Waals surface area contributed by atoms with Crippen LogP contribution in [0.1, 0.15) is 5.56 Å². The number of carbonyl (C=O) groups is 1. The van der Waals surface area contributed by atoms with Crippen LogP contribution in [-0.2, 0) is 11.2 Å². The van der Waals surface area contributed by atoms with Gasteiger partial charge < -0.3 is 10.1 Å². The number of halogens is 4. The molecule has 0 aliphatic heterocycles. The van der Waals surface area contributed by atoms with E-state index in [2.05, 4.69) is 15.0 Å². The Morgan fingerprint density at radius 2 is 2.00 bits per heavy atom. The summed E-state index contributed by atoms with van der Waals surface area (Å²) in [6.45, 7) is -2.96. The highest BCUT2D eigenvalue weighted by molar-refractivity contribution is 7.14. The van der Waals surface area contributed by atoms with Crippen molar-refractivity contribution in [2.75, 3.05) is 5.32 Å². The minimum absolute atomic E-state index is 0.0196. The van der Waals surface area contributed by atoms with Crippen LogP contribution in [0.3, 0.4) is 0 Å². The molecule has 3 rings (SSSR count). The Hall–Kier alpha value is -2.58. The van der Waals surface area contributed by atoms with Crippen LogP contribution in [0.25, 0.3) is 11.3 Å². The van der Waals surface area contributed by atoms with E-state index in [1.165, 1.54) is 24.3 Å². The molecule has 140 valence electrons. The van der Waals surface area contributed by atoms with Crippen LogP contribution in [0.5, 0.6) is 5.75 Å². The smallest absolute Gasteiger partial charge is 0.387 e. The third-order valence-corrected chi connectivity index (χ3v) is 4.64. The Morgan fingerprint density at radius 1 is 1.22 bits per heavy atom. The number of nitrogens with zero attached hydrogens (tertiary/aromatic N) is 1. The first kappa shape index (κ1) is 19.2. The average molecular weight is 413 g/mol. The fourth-order valence-corrected chi connectivity index (χ4v) is 3.31. The second-order valence-electron chi connectivity index (χ2n) is 5.34. The van der Waals surface area contributed by atoms with E-state index in [4.69, 9.17) is 11.6 Å². The summed E-state index contributed by atoms with van der Waals surface area (Å²) in [5, 5.41) is 4.55. The third-order valence-electron chi connectivity index (χ3n) is 3.53. The predicted octanol–water partition coefficient (Wildman–Crippen LogP) is 5.39. The zero-order valence-corrected chi connectivity index (χ0v) is 15.2. The first-order valence-corrected chi connectivity index (χ1v) is 8.92. The molecule has 0 bridgehead atoms. The van der Waals surface area contributed by atoms with Gasteiger partial charge in [-0.25, -0.2) is 9.37 Å². The van der Waals surface area contributed by atoms with Gasteiger partial charge in [0.2, 0.25) is 5.91 Å². The number of aromatic nitrogens is 1. The molecular weight excluding hydrogens is 401 g/mol. The van der Waals surface area contributed by atoms with Gasteiger partial charge in [0, 0.05) is 21.5 Å². The fourth-order valence-electron chi connectivity index (χ4n) is 2.36. The van der Waals surface area contributed by atoms with Gasteiger partial charge in [-0.15, -0.1) is 11.3 Å². The molecule has 0 aliphatic carbocycles. The van der Waals surface area contributed by atoms with Gasteiger partial charge >= 0.3 is 6.61 Å². The van der Waals surface area contributed by atoms with E-state index in [0.717, 1.165) is 11.3 Å². The molecule has 1 N–H and O–H groups in total. The number of ether oxygens (including phenoxy) is 1. The fraction of sp³-hybridized carbons (Fsp3) is 0.111. The number of alkyl halides is 2. The lowest BCUT2D eigenvalue weighted by Gasteiger charge is -2.08. The SMILES string of the molecule is O=C(Cc1c(F)cccc1Cl)Nc1nc(-c2ccccc2OC(F)F)cs1. The molecule has 4 nitrogen and oxygen atoms in total. The Balaban J connectivity index is 1.74. The summed E-state index contributed by atoms with van der Waals surface area (Å²) < 4.78 is 43.3. The summed E-state index contributed by atoms with van der Waals surface area (Å²) in [4.78, 5) is 16.4. The normalized spacial score (nSPS) is 10.9. The van der Waals surface area contributed by atoms with Crippen LogP contribution in [0.15, 0.2) is 47.8 Å². The van der Waals surface area contributed by atoms with Crippen LogP contribution >= 0.6 is 22.9 Å². The van der Waals surface area contributed by atoms with E-state index in [1.54, 1.807) is 23.6 Å². The van der Waals surface area contributed by atoms with Crippen LogP contribution in [-0.4, -0.2) is 17.5 Å². The number of carbonyl (C=O) groups excluding carboxylic acids is 1. The summed E-state index contributed by atoms with van der Waals surface area (Å²) in [6, 6.07) is 10.4. The third kappa shape index (κ3) is 4.78. The van der Waals surface area contributed by atoms with Gasteiger partial charge in [-0.1, -0.05) is 29.8 Å². The van der Waals surface area contributed by atoms with Crippen LogP contribution in [0.2, 0.25) is 5.02 Å². The number of hydrogen-bond donors (Lipinski definition) is 1. The quantitative estimate of drug-likeness (QED) is 0.591. The molecule has 3 aromatic rings. The molecule has 0 fully saturated rings. The van der Waals surface area contributed by atoms with E-state index in [0.29, 0.717) is 11.3 Å². The van der Waals surface area contributed by atoms with E-state index < -0.39 is 18.3 Å². The highest BCUT2D eigenvalue weighted by Gasteiger charge is 2.16. The van der Waals surface area contributed by atoms with Gasteiger partial charge in [0.25, 0.3) is 0 Å². The van der Waals surface area contributed by atoms with Crippen molar-refractivity contribution in [3.05, 3.63) is 64.2 Å². The lowest BCUT2D eigenvalue weighted by Crippen LogP contribution is -2.15. The Labute approximate surface area is 161 Å². The Morgan fingerprint density at radius 3 is 2.74 bits per heavy atom. The maximum absolute atomic E-state index is 13.8. The van der Waals surface area contributed by atoms with E-state index in [-0.39, 0.29) is 27.9 Å². The molecule has 0 atom stereocenters. The molecule has 0 aliphatic rings. The molecule has 0 unspecified atom stereocenters. The average Bonchev–Trinajstić information content (AvgIpc) is 3.06. The van der Waals surface area contributed by atoms with Crippen molar-refractivity contribution < 1.29 is 22.7 Å². The largest absolute Gasteiger partial charge is 0.434 e. The van der Waals surface area contributed by atoms with Gasteiger partial charge in [-0.3, -0.25) is 4.79 Å². The van der Waals surface area contributed by atoms with Crippen molar-refractivity contribution in [1.29, 1.82) is 0 Å². The lowest BCUT2D eigenvalue weighted by atomic mass is 10.1. The minimum atomic E-state index is -2.96.